The lowest BCUT2D eigenvalue weighted by molar-refractivity contribution is -0.146. The topological polar surface area (TPSA) is 55.8 Å². The van der Waals surface area contributed by atoms with Gasteiger partial charge < -0.3 is 14.4 Å². The number of para-hydroxylation sites is 1. The predicted molar refractivity (Wildman–Crippen MR) is 75.8 cm³/mol. The molecule has 110 valence electrons. The van der Waals surface area contributed by atoms with Crippen molar-refractivity contribution in [3.63, 3.8) is 0 Å². The van der Waals surface area contributed by atoms with E-state index in [-0.39, 0.29) is 30.9 Å². The number of methoxy groups -OCH3 is 1. The number of rotatable bonds is 6. The number of hydrogen-bond acceptors (Lipinski definition) is 4. The standard InChI is InChI=1S/C14H18ClNO4/c1-10(14(18)19-3)8-16(2)13(17)9-20-12-7-5-4-6-11(12)15/h4-7,10H,8-9H2,1-3H3. The van der Waals surface area contributed by atoms with E-state index in [2.05, 4.69) is 4.74 Å². The fourth-order valence-electron chi connectivity index (χ4n) is 1.60. The van der Waals surface area contributed by atoms with Gasteiger partial charge in [-0.05, 0) is 12.1 Å². The molecule has 1 amide bonds. The Labute approximate surface area is 123 Å². The van der Waals surface area contributed by atoms with Crippen LogP contribution in [0.25, 0.3) is 0 Å². The van der Waals surface area contributed by atoms with Crippen molar-refractivity contribution in [1.82, 2.24) is 4.90 Å². The van der Waals surface area contributed by atoms with Gasteiger partial charge in [0.25, 0.3) is 5.91 Å². The highest BCUT2D eigenvalue weighted by atomic mass is 35.5. The summed E-state index contributed by atoms with van der Waals surface area (Å²) in [4.78, 5) is 24.6. The van der Waals surface area contributed by atoms with E-state index in [1.807, 2.05) is 0 Å². The smallest absolute Gasteiger partial charge is 0.310 e. The second kappa shape index (κ2) is 7.75. The van der Waals surface area contributed by atoms with E-state index in [1.165, 1.54) is 12.0 Å². The Bertz CT molecular complexity index is 478. The van der Waals surface area contributed by atoms with Crippen molar-refractivity contribution in [1.29, 1.82) is 0 Å². The first-order valence-electron chi connectivity index (χ1n) is 6.14. The molecule has 6 heteroatoms. The zero-order valence-electron chi connectivity index (χ0n) is 11.8. The van der Waals surface area contributed by atoms with Crippen LogP contribution >= 0.6 is 11.6 Å². The number of benzene rings is 1. The summed E-state index contributed by atoms with van der Waals surface area (Å²) < 4.78 is 9.96. The van der Waals surface area contributed by atoms with Crippen LogP contribution in [0.2, 0.25) is 5.02 Å². The summed E-state index contributed by atoms with van der Waals surface area (Å²) in [7, 11) is 2.93. The van der Waals surface area contributed by atoms with Crippen molar-refractivity contribution in [2.75, 3.05) is 27.3 Å². The largest absolute Gasteiger partial charge is 0.482 e. The first-order valence-corrected chi connectivity index (χ1v) is 6.52. The minimum absolute atomic E-state index is 0.131. The summed E-state index contributed by atoms with van der Waals surface area (Å²) in [5.74, 6) is -0.511. The Balaban J connectivity index is 2.46. The molecule has 1 rings (SSSR count). The van der Waals surface area contributed by atoms with Crippen molar-refractivity contribution in [3.8, 4) is 5.75 Å². The van der Waals surface area contributed by atoms with Gasteiger partial charge >= 0.3 is 5.97 Å². The molecule has 0 N–H and O–H groups in total. The lowest BCUT2D eigenvalue weighted by Crippen LogP contribution is -2.37. The van der Waals surface area contributed by atoms with E-state index >= 15 is 0 Å². The van der Waals surface area contributed by atoms with Crippen LogP contribution in [0.15, 0.2) is 24.3 Å². The van der Waals surface area contributed by atoms with Gasteiger partial charge in [-0.25, -0.2) is 0 Å². The highest BCUT2D eigenvalue weighted by Gasteiger charge is 2.19. The molecule has 0 aliphatic rings. The molecule has 0 aromatic heterocycles. The number of carbonyl (C=O) groups excluding carboxylic acids is 2. The van der Waals surface area contributed by atoms with Crippen LogP contribution in [-0.4, -0.2) is 44.1 Å². The Morgan fingerprint density at radius 2 is 2.00 bits per heavy atom. The van der Waals surface area contributed by atoms with Gasteiger partial charge in [-0.2, -0.15) is 0 Å². The van der Waals surface area contributed by atoms with E-state index in [1.54, 1.807) is 38.2 Å². The second-order valence-electron chi connectivity index (χ2n) is 4.42. The third-order valence-corrected chi connectivity index (χ3v) is 3.08. The van der Waals surface area contributed by atoms with Crippen molar-refractivity contribution >= 4 is 23.5 Å². The van der Waals surface area contributed by atoms with Gasteiger partial charge in [0.15, 0.2) is 6.61 Å². The van der Waals surface area contributed by atoms with E-state index in [0.717, 1.165) is 0 Å². The van der Waals surface area contributed by atoms with Gasteiger partial charge in [-0.3, -0.25) is 9.59 Å². The Hall–Kier alpha value is -1.75. The molecule has 1 aromatic rings. The van der Waals surface area contributed by atoms with Gasteiger partial charge in [0.05, 0.1) is 18.1 Å². The fraction of sp³-hybridized carbons (Fsp3) is 0.429. The molecule has 0 aliphatic heterocycles. The average molecular weight is 300 g/mol. The van der Waals surface area contributed by atoms with E-state index in [4.69, 9.17) is 16.3 Å². The van der Waals surface area contributed by atoms with Crippen LogP contribution in [-0.2, 0) is 14.3 Å². The Kier molecular flexibility index (Phi) is 6.31. The lowest BCUT2D eigenvalue weighted by atomic mass is 10.2. The van der Waals surface area contributed by atoms with Gasteiger partial charge in [-0.1, -0.05) is 30.7 Å². The zero-order chi connectivity index (χ0) is 15.1. The number of halogens is 1. The second-order valence-corrected chi connectivity index (χ2v) is 4.82. The Morgan fingerprint density at radius 1 is 1.35 bits per heavy atom. The Morgan fingerprint density at radius 3 is 2.60 bits per heavy atom. The molecule has 0 radical (unpaired) electrons. The van der Waals surface area contributed by atoms with Crippen LogP contribution < -0.4 is 4.74 Å². The van der Waals surface area contributed by atoms with Gasteiger partial charge in [-0.15, -0.1) is 0 Å². The zero-order valence-corrected chi connectivity index (χ0v) is 12.5. The van der Waals surface area contributed by atoms with Gasteiger partial charge in [0, 0.05) is 13.6 Å². The maximum atomic E-state index is 11.9. The predicted octanol–water partition coefficient (Wildman–Crippen LogP) is 1.99. The molecule has 0 heterocycles. The molecule has 0 saturated carbocycles. The van der Waals surface area contributed by atoms with Crippen LogP contribution in [0.4, 0.5) is 0 Å². The van der Waals surface area contributed by atoms with E-state index in [0.29, 0.717) is 10.8 Å². The number of amides is 1. The molecule has 0 fully saturated rings. The number of likely N-dealkylation sites (N-methyl/N-ethyl adjacent to an activating group) is 1. The fourth-order valence-corrected chi connectivity index (χ4v) is 1.79. The van der Waals surface area contributed by atoms with Crippen molar-refractivity contribution in [3.05, 3.63) is 29.3 Å². The summed E-state index contributed by atoms with van der Waals surface area (Å²) in [6.45, 7) is 1.84. The number of nitrogens with zero attached hydrogens (tertiary/aromatic N) is 1. The molecule has 20 heavy (non-hydrogen) atoms. The highest BCUT2D eigenvalue weighted by Crippen LogP contribution is 2.22. The van der Waals surface area contributed by atoms with Crippen LogP contribution in [0, 0.1) is 5.92 Å². The molecule has 0 saturated heterocycles. The summed E-state index contributed by atoms with van der Waals surface area (Å²) in [5.41, 5.74) is 0. The number of ether oxygens (including phenoxy) is 2. The summed E-state index contributed by atoms with van der Waals surface area (Å²) >= 11 is 5.92. The molecule has 0 spiro atoms. The maximum absolute atomic E-state index is 11.9. The van der Waals surface area contributed by atoms with Crippen LogP contribution in [0.1, 0.15) is 6.92 Å². The maximum Gasteiger partial charge on any atom is 0.310 e. The number of esters is 1. The molecular formula is C14H18ClNO4. The molecule has 1 unspecified atom stereocenters. The molecule has 5 nitrogen and oxygen atoms in total. The first-order chi connectivity index (χ1) is 9.45. The molecule has 1 atom stereocenters. The summed E-state index contributed by atoms with van der Waals surface area (Å²) in [6, 6.07) is 6.92. The third kappa shape index (κ3) is 4.74. The van der Waals surface area contributed by atoms with Crippen molar-refractivity contribution in [2.24, 2.45) is 5.92 Å². The van der Waals surface area contributed by atoms with E-state index < -0.39 is 0 Å². The van der Waals surface area contributed by atoms with Crippen LogP contribution in [0.3, 0.4) is 0 Å². The number of carbonyl (C=O) groups is 2. The lowest BCUT2D eigenvalue weighted by Gasteiger charge is -2.20. The average Bonchev–Trinajstić information content (AvgIpc) is 2.44. The van der Waals surface area contributed by atoms with Crippen molar-refractivity contribution < 1.29 is 19.1 Å². The molecule has 1 aromatic carbocycles. The molecule has 0 bridgehead atoms. The summed E-state index contributed by atoms with van der Waals surface area (Å²) in [5, 5.41) is 0.450. The third-order valence-electron chi connectivity index (χ3n) is 2.76. The van der Waals surface area contributed by atoms with Gasteiger partial charge in [0.2, 0.25) is 0 Å². The minimum atomic E-state index is -0.380. The highest BCUT2D eigenvalue weighted by molar-refractivity contribution is 6.32. The van der Waals surface area contributed by atoms with Crippen molar-refractivity contribution in [2.45, 2.75) is 6.92 Å². The number of hydrogen-bond donors (Lipinski definition) is 0. The van der Waals surface area contributed by atoms with Gasteiger partial charge in [0.1, 0.15) is 5.75 Å². The quantitative estimate of drug-likeness (QED) is 0.754. The minimum Gasteiger partial charge on any atom is -0.482 e. The molecule has 0 aliphatic carbocycles. The van der Waals surface area contributed by atoms with E-state index in [9.17, 15) is 9.59 Å². The summed E-state index contributed by atoms with van der Waals surface area (Å²) in [6.07, 6.45) is 0. The normalized spacial score (nSPS) is 11.6. The monoisotopic (exact) mass is 299 g/mol. The SMILES string of the molecule is COC(=O)C(C)CN(C)C(=O)COc1ccccc1Cl. The van der Waals surface area contributed by atoms with Crippen LogP contribution in [0.5, 0.6) is 5.75 Å². The molecular weight excluding hydrogens is 282 g/mol. The first kappa shape index (κ1) is 16.3.